The van der Waals surface area contributed by atoms with Crippen LogP contribution < -0.4 is 10.9 Å². The molecule has 0 aliphatic heterocycles. The van der Waals surface area contributed by atoms with Gasteiger partial charge in [0.25, 0.3) is 5.91 Å². The number of anilines is 1. The zero-order chi connectivity index (χ0) is 15.7. The third kappa shape index (κ3) is 2.40. The summed E-state index contributed by atoms with van der Waals surface area (Å²) in [6.45, 7) is 3.63. The predicted octanol–water partition coefficient (Wildman–Crippen LogP) is 2.16. The van der Waals surface area contributed by atoms with E-state index in [1.165, 1.54) is 0 Å². The summed E-state index contributed by atoms with van der Waals surface area (Å²) in [6.07, 6.45) is 1.63. The van der Waals surface area contributed by atoms with Crippen molar-refractivity contribution >= 4 is 22.9 Å². The molecular weight excluding hydrogens is 278 g/mol. The van der Waals surface area contributed by atoms with Crippen molar-refractivity contribution in [2.24, 2.45) is 5.84 Å². The zero-order valence-corrected chi connectivity index (χ0v) is 12.3. The monoisotopic (exact) mass is 293 g/mol. The van der Waals surface area contributed by atoms with Gasteiger partial charge in [0.1, 0.15) is 5.52 Å². The fraction of sp³-hybridized carbons (Fsp3) is 0.125. The second kappa shape index (κ2) is 5.50. The van der Waals surface area contributed by atoms with E-state index in [0.29, 0.717) is 28.2 Å². The molecule has 0 aliphatic carbocycles. The highest BCUT2D eigenvalue weighted by Gasteiger charge is 2.20. The Morgan fingerprint density at radius 1 is 1.09 bits per heavy atom. The standard InChI is InChI=1S/C16H15N5O/c1-10-6-3-4-7-12(10)16(22)21(17)15-11(2)19-13-8-5-9-18-14(13)20-15/h3-9H,17H2,1-2H3. The molecule has 2 aromatic heterocycles. The lowest BCUT2D eigenvalue weighted by Crippen LogP contribution is -2.39. The molecule has 0 atom stereocenters. The lowest BCUT2D eigenvalue weighted by Gasteiger charge is -2.18. The number of pyridine rings is 1. The predicted molar refractivity (Wildman–Crippen MR) is 84.2 cm³/mol. The van der Waals surface area contributed by atoms with E-state index < -0.39 is 0 Å². The maximum Gasteiger partial charge on any atom is 0.274 e. The van der Waals surface area contributed by atoms with Gasteiger partial charge in [0.15, 0.2) is 11.5 Å². The second-order valence-electron chi connectivity index (χ2n) is 4.97. The smallest absolute Gasteiger partial charge is 0.267 e. The van der Waals surface area contributed by atoms with Gasteiger partial charge in [-0.1, -0.05) is 18.2 Å². The number of aromatic nitrogens is 3. The molecular formula is C16H15N5O. The Kier molecular flexibility index (Phi) is 3.52. The number of amides is 1. The SMILES string of the molecule is Cc1ccccc1C(=O)N(N)c1nc2ncccc2nc1C. The third-order valence-electron chi connectivity index (χ3n) is 3.41. The average molecular weight is 293 g/mol. The van der Waals surface area contributed by atoms with Crippen molar-refractivity contribution in [3.05, 3.63) is 59.4 Å². The van der Waals surface area contributed by atoms with Gasteiger partial charge in [-0.25, -0.2) is 25.8 Å². The van der Waals surface area contributed by atoms with Gasteiger partial charge in [0, 0.05) is 11.8 Å². The van der Waals surface area contributed by atoms with Crippen LogP contribution in [-0.4, -0.2) is 20.9 Å². The summed E-state index contributed by atoms with van der Waals surface area (Å²) in [5.41, 5.74) is 3.08. The van der Waals surface area contributed by atoms with Gasteiger partial charge in [-0.2, -0.15) is 0 Å². The molecule has 2 heterocycles. The van der Waals surface area contributed by atoms with E-state index >= 15 is 0 Å². The van der Waals surface area contributed by atoms with Crippen LogP contribution >= 0.6 is 0 Å². The highest BCUT2D eigenvalue weighted by Crippen LogP contribution is 2.19. The number of carbonyl (C=O) groups is 1. The van der Waals surface area contributed by atoms with Gasteiger partial charge in [-0.3, -0.25) is 4.79 Å². The second-order valence-corrected chi connectivity index (χ2v) is 4.97. The summed E-state index contributed by atoms with van der Waals surface area (Å²) in [5.74, 6) is 5.96. The lowest BCUT2D eigenvalue weighted by molar-refractivity contribution is 0.0985. The van der Waals surface area contributed by atoms with Gasteiger partial charge in [-0.15, -0.1) is 0 Å². The molecule has 0 fully saturated rings. The van der Waals surface area contributed by atoms with E-state index in [4.69, 9.17) is 5.84 Å². The first kappa shape index (κ1) is 14.1. The Bertz CT molecular complexity index is 862. The molecule has 3 aromatic rings. The molecule has 22 heavy (non-hydrogen) atoms. The summed E-state index contributed by atoms with van der Waals surface area (Å²) < 4.78 is 0. The minimum atomic E-state index is -0.328. The fourth-order valence-corrected chi connectivity index (χ4v) is 2.24. The van der Waals surface area contributed by atoms with E-state index in [9.17, 15) is 4.79 Å². The van der Waals surface area contributed by atoms with Crippen molar-refractivity contribution < 1.29 is 4.79 Å². The quantitative estimate of drug-likeness (QED) is 0.444. The molecule has 0 unspecified atom stereocenters. The summed E-state index contributed by atoms with van der Waals surface area (Å²) in [5, 5.41) is 1.03. The lowest BCUT2D eigenvalue weighted by atomic mass is 10.1. The maximum atomic E-state index is 12.6. The number of hydrogen-bond acceptors (Lipinski definition) is 5. The first-order valence-electron chi connectivity index (χ1n) is 6.82. The van der Waals surface area contributed by atoms with Crippen molar-refractivity contribution in [2.75, 3.05) is 5.01 Å². The van der Waals surface area contributed by atoms with Crippen LogP contribution in [0.15, 0.2) is 42.6 Å². The Morgan fingerprint density at radius 2 is 1.86 bits per heavy atom. The molecule has 0 aliphatic rings. The van der Waals surface area contributed by atoms with Crippen LogP contribution in [0.25, 0.3) is 11.2 Å². The molecule has 6 heteroatoms. The number of hydrogen-bond donors (Lipinski definition) is 1. The summed E-state index contributed by atoms with van der Waals surface area (Å²) in [6, 6.07) is 10.9. The molecule has 3 rings (SSSR count). The minimum absolute atomic E-state index is 0.305. The van der Waals surface area contributed by atoms with Gasteiger partial charge >= 0.3 is 0 Å². The molecule has 0 spiro atoms. The number of fused-ring (bicyclic) bond motifs is 1. The Hall–Kier alpha value is -2.86. The Morgan fingerprint density at radius 3 is 2.64 bits per heavy atom. The molecule has 6 nitrogen and oxygen atoms in total. The van der Waals surface area contributed by atoms with Crippen molar-refractivity contribution in [3.63, 3.8) is 0 Å². The van der Waals surface area contributed by atoms with Crippen LogP contribution in [0.3, 0.4) is 0 Å². The van der Waals surface area contributed by atoms with Crippen LogP contribution in [0.2, 0.25) is 0 Å². The van der Waals surface area contributed by atoms with Crippen molar-refractivity contribution in [2.45, 2.75) is 13.8 Å². The van der Waals surface area contributed by atoms with Crippen LogP contribution in [-0.2, 0) is 0 Å². The van der Waals surface area contributed by atoms with Crippen LogP contribution in [0.4, 0.5) is 5.82 Å². The maximum absolute atomic E-state index is 12.6. The van der Waals surface area contributed by atoms with Gasteiger partial charge in [0.05, 0.1) is 5.69 Å². The Balaban J connectivity index is 2.05. The molecule has 2 N–H and O–H groups in total. The topological polar surface area (TPSA) is 85.0 Å². The van der Waals surface area contributed by atoms with E-state index in [2.05, 4.69) is 15.0 Å². The number of rotatable bonds is 2. The molecule has 0 radical (unpaired) electrons. The summed E-state index contributed by atoms with van der Waals surface area (Å²) in [4.78, 5) is 25.5. The van der Waals surface area contributed by atoms with Crippen molar-refractivity contribution in [3.8, 4) is 0 Å². The third-order valence-corrected chi connectivity index (χ3v) is 3.41. The first-order chi connectivity index (χ1) is 10.6. The molecule has 0 bridgehead atoms. The number of benzene rings is 1. The van der Waals surface area contributed by atoms with Crippen LogP contribution in [0, 0.1) is 13.8 Å². The minimum Gasteiger partial charge on any atom is -0.267 e. The van der Waals surface area contributed by atoms with Gasteiger partial charge < -0.3 is 0 Å². The highest BCUT2D eigenvalue weighted by atomic mass is 16.2. The van der Waals surface area contributed by atoms with Crippen molar-refractivity contribution in [1.29, 1.82) is 0 Å². The van der Waals surface area contributed by atoms with E-state index in [0.717, 1.165) is 10.6 Å². The molecule has 110 valence electrons. The van der Waals surface area contributed by atoms with E-state index in [1.54, 1.807) is 31.3 Å². The Labute approximate surface area is 127 Å². The zero-order valence-electron chi connectivity index (χ0n) is 12.3. The summed E-state index contributed by atoms with van der Waals surface area (Å²) in [7, 11) is 0. The largest absolute Gasteiger partial charge is 0.274 e. The first-order valence-corrected chi connectivity index (χ1v) is 6.82. The van der Waals surface area contributed by atoms with Gasteiger partial charge in [-0.05, 0) is 37.6 Å². The summed E-state index contributed by atoms with van der Waals surface area (Å²) >= 11 is 0. The van der Waals surface area contributed by atoms with Gasteiger partial charge in [0.2, 0.25) is 0 Å². The van der Waals surface area contributed by atoms with E-state index in [-0.39, 0.29) is 5.91 Å². The van der Waals surface area contributed by atoms with E-state index in [1.807, 2.05) is 25.1 Å². The van der Waals surface area contributed by atoms with Crippen LogP contribution in [0.5, 0.6) is 0 Å². The molecule has 1 aromatic carbocycles. The molecule has 0 saturated carbocycles. The number of nitrogens with zero attached hydrogens (tertiary/aromatic N) is 4. The molecule has 1 amide bonds. The van der Waals surface area contributed by atoms with Crippen molar-refractivity contribution in [1.82, 2.24) is 15.0 Å². The number of carbonyl (C=O) groups excluding carboxylic acids is 1. The highest BCUT2D eigenvalue weighted by molar-refractivity contribution is 6.06. The molecule has 0 saturated heterocycles. The number of aryl methyl sites for hydroxylation is 2. The normalized spacial score (nSPS) is 10.7. The number of nitrogens with two attached hydrogens (primary N) is 1. The average Bonchev–Trinajstić information content (AvgIpc) is 2.53. The fourth-order valence-electron chi connectivity index (χ4n) is 2.24. The number of hydrazine groups is 1. The van der Waals surface area contributed by atoms with Crippen LogP contribution in [0.1, 0.15) is 21.6 Å².